The van der Waals surface area contributed by atoms with Gasteiger partial charge in [-0.3, -0.25) is 9.59 Å². The Morgan fingerprint density at radius 3 is 2.55 bits per heavy atom. The molecule has 1 aromatic carbocycles. The second-order valence-corrected chi connectivity index (χ2v) is 5.67. The van der Waals surface area contributed by atoms with Crippen molar-refractivity contribution >= 4 is 11.6 Å². The maximum atomic E-state index is 12.4. The van der Waals surface area contributed by atoms with Gasteiger partial charge in [0.2, 0.25) is 5.56 Å². The summed E-state index contributed by atoms with van der Waals surface area (Å²) in [5.41, 5.74) is 2.91. The molecule has 0 saturated carbocycles. The van der Waals surface area contributed by atoms with E-state index in [0.717, 1.165) is 36.8 Å². The number of hydrogen-bond donors (Lipinski definition) is 2. The van der Waals surface area contributed by atoms with Gasteiger partial charge in [-0.1, -0.05) is 0 Å². The molecule has 3 rings (SSSR count). The fourth-order valence-corrected chi connectivity index (χ4v) is 2.82. The first-order chi connectivity index (χ1) is 10.5. The van der Waals surface area contributed by atoms with Crippen LogP contribution in [0.25, 0.3) is 0 Å². The molecular weight excluding hydrogens is 280 g/mol. The number of nitrogens with one attached hydrogen (secondary N) is 1. The number of aromatic nitrogens is 1. The normalized spacial score (nSPS) is 13.5. The van der Waals surface area contributed by atoms with Gasteiger partial charge in [-0.25, -0.2) is 0 Å². The standard InChI is InChI=1S/C17H18N2O3/c1-19-10-13(6-7-16(19)21)18-17(22)14-8-11-4-2-3-5-12(11)9-15(14)20/h6-10,20H,2-5H2,1H3,(H,18,22). The zero-order chi connectivity index (χ0) is 15.7. The molecule has 0 unspecified atom stereocenters. The predicted molar refractivity (Wildman–Crippen MR) is 84.4 cm³/mol. The minimum atomic E-state index is -0.371. The van der Waals surface area contributed by atoms with E-state index in [4.69, 9.17) is 0 Å². The van der Waals surface area contributed by atoms with E-state index >= 15 is 0 Å². The summed E-state index contributed by atoms with van der Waals surface area (Å²) in [5.74, 6) is -0.368. The molecular formula is C17H18N2O3. The Morgan fingerprint density at radius 1 is 1.18 bits per heavy atom. The smallest absolute Gasteiger partial charge is 0.259 e. The van der Waals surface area contributed by atoms with Gasteiger partial charge < -0.3 is 15.0 Å². The quantitative estimate of drug-likeness (QED) is 0.893. The van der Waals surface area contributed by atoms with E-state index in [-0.39, 0.29) is 22.8 Å². The van der Waals surface area contributed by atoms with E-state index < -0.39 is 0 Å². The van der Waals surface area contributed by atoms with Crippen molar-refractivity contribution in [3.63, 3.8) is 0 Å². The van der Waals surface area contributed by atoms with Gasteiger partial charge in [-0.15, -0.1) is 0 Å². The van der Waals surface area contributed by atoms with Gasteiger partial charge in [-0.2, -0.15) is 0 Å². The summed E-state index contributed by atoms with van der Waals surface area (Å²) in [7, 11) is 1.62. The number of fused-ring (bicyclic) bond motifs is 1. The Kier molecular flexibility index (Phi) is 3.71. The first-order valence-corrected chi connectivity index (χ1v) is 7.37. The Balaban J connectivity index is 1.88. The SMILES string of the molecule is Cn1cc(NC(=O)c2cc3c(cc2O)CCCC3)ccc1=O. The van der Waals surface area contributed by atoms with E-state index in [1.165, 1.54) is 10.6 Å². The highest BCUT2D eigenvalue weighted by molar-refractivity contribution is 6.06. The van der Waals surface area contributed by atoms with Gasteiger partial charge in [0, 0.05) is 19.3 Å². The van der Waals surface area contributed by atoms with Crippen molar-refractivity contribution in [2.45, 2.75) is 25.7 Å². The van der Waals surface area contributed by atoms with Crippen LogP contribution in [0.1, 0.15) is 34.3 Å². The van der Waals surface area contributed by atoms with Crippen LogP contribution in [0.3, 0.4) is 0 Å². The number of aromatic hydroxyl groups is 1. The molecule has 5 heteroatoms. The predicted octanol–water partition coefficient (Wildman–Crippen LogP) is 2.22. The van der Waals surface area contributed by atoms with Crippen LogP contribution in [0.5, 0.6) is 5.75 Å². The molecule has 5 nitrogen and oxygen atoms in total. The third-order valence-electron chi connectivity index (χ3n) is 4.05. The average molecular weight is 298 g/mol. The van der Waals surface area contributed by atoms with E-state index in [9.17, 15) is 14.7 Å². The number of rotatable bonds is 2. The van der Waals surface area contributed by atoms with Crippen molar-refractivity contribution in [3.05, 3.63) is 57.5 Å². The Bertz CT molecular complexity index is 793. The number of phenols is 1. The van der Waals surface area contributed by atoms with Crippen LogP contribution in [0.15, 0.2) is 35.3 Å². The summed E-state index contributed by atoms with van der Waals surface area (Å²) in [6.07, 6.45) is 5.67. The van der Waals surface area contributed by atoms with Crippen LogP contribution in [-0.2, 0) is 19.9 Å². The highest BCUT2D eigenvalue weighted by atomic mass is 16.3. The van der Waals surface area contributed by atoms with Gasteiger partial charge in [0.1, 0.15) is 5.75 Å². The van der Waals surface area contributed by atoms with E-state index in [1.807, 2.05) is 0 Å². The molecule has 1 amide bonds. The number of carbonyl (C=O) groups is 1. The monoisotopic (exact) mass is 298 g/mol. The lowest BCUT2D eigenvalue weighted by atomic mass is 9.90. The van der Waals surface area contributed by atoms with Gasteiger partial charge in [0.15, 0.2) is 0 Å². The zero-order valence-corrected chi connectivity index (χ0v) is 12.4. The molecule has 0 aliphatic heterocycles. The maximum absolute atomic E-state index is 12.4. The molecule has 0 radical (unpaired) electrons. The number of benzene rings is 1. The molecule has 2 aromatic rings. The minimum Gasteiger partial charge on any atom is -0.507 e. The Labute approximate surface area is 128 Å². The van der Waals surface area contributed by atoms with E-state index in [2.05, 4.69) is 5.32 Å². The summed E-state index contributed by atoms with van der Waals surface area (Å²) in [5, 5.41) is 12.8. The maximum Gasteiger partial charge on any atom is 0.259 e. The van der Waals surface area contributed by atoms with Crippen LogP contribution in [0.4, 0.5) is 5.69 Å². The molecule has 1 heterocycles. The summed E-state index contributed by atoms with van der Waals surface area (Å²) in [6, 6.07) is 6.42. The highest BCUT2D eigenvalue weighted by Crippen LogP contribution is 2.28. The van der Waals surface area contributed by atoms with Crippen molar-refractivity contribution in [1.82, 2.24) is 4.57 Å². The van der Waals surface area contributed by atoms with Crippen molar-refractivity contribution in [2.24, 2.45) is 7.05 Å². The summed E-state index contributed by atoms with van der Waals surface area (Å²) < 4.78 is 1.39. The minimum absolute atomic E-state index is 0.00275. The first-order valence-electron chi connectivity index (χ1n) is 7.37. The second-order valence-electron chi connectivity index (χ2n) is 5.67. The Morgan fingerprint density at radius 2 is 1.86 bits per heavy atom. The number of pyridine rings is 1. The molecule has 0 saturated heterocycles. The number of nitrogens with zero attached hydrogens (tertiary/aromatic N) is 1. The third kappa shape index (κ3) is 2.74. The number of anilines is 1. The summed E-state index contributed by atoms with van der Waals surface area (Å²) in [4.78, 5) is 23.7. The van der Waals surface area contributed by atoms with Crippen LogP contribution < -0.4 is 10.9 Å². The summed E-state index contributed by atoms with van der Waals surface area (Å²) in [6.45, 7) is 0. The van der Waals surface area contributed by atoms with Crippen molar-refractivity contribution in [3.8, 4) is 5.75 Å². The fourth-order valence-electron chi connectivity index (χ4n) is 2.82. The van der Waals surface area contributed by atoms with Crippen LogP contribution in [-0.4, -0.2) is 15.6 Å². The van der Waals surface area contributed by atoms with Crippen LogP contribution in [0, 0.1) is 0 Å². The van der Waals surface area contributed by atoms with Crippen molar-refractivity contribution in [2.75, 3.05) is 5.32 Å². The molecule has 1 aliphatic rings. The molecule has 0 fully saturated rings. The Hall–Kier alpha value is -2.56. The largest absolute Gasteiger partial charge is 0.507 e. The summed E-state index contributed by atoms with van der Waals surface area (Å²) >= 11 is 0. The van der Waals surface area contributed by atoms with Gasteiger partial charge in [0.05, 0.1) is 11.3 Å². The number of phenolic OH excluding ortho intramolecular Hbond substituents is 1. The number of aryl methyl sites for hydroxylation is 3. The number of amides is 1. The molecule has 114 valence electrons. The van der Waals surface area contributed by atoms with Gasteiger partial charge in [0.25, 0.3) is 5.91 Å². The van der Waals surface area contributed by atoms with Crippen LogP contribution in [0.2, 0.25) is 0 Å². The molecule has 2 N–H and O–H groups in total. The fraction of sp³-hybridized carbons (Fsp3) is 0.294. The lowest BCUT2D eigenvalue weighted by Crippen LogP contribution is -2.18. The number of hydrogen-bond acceptors (Lipinski definition) is 3. The molecule has 0 spiro atoms. The van der Waals surface area contributed by atoms with Gasteiger partial charge in [-0.05, 0) is 55.0 Å². The van der Waals surface area contributed by atoms with Crippen molar-refractivity contribution < 1.29 is 9.90 Å². The first kappa shape index (κ1) is 14.4. The molecule has 22 heavy (non-hydrogen) atoms. The average Bonchev–Trinajstić information content (AvgIpc) is 2.50. The molecule has 0 atom stereocenters. The highest BCUT2D eigenvalue weighted by Gasteiger charge is 2.17. The zero-order valence-electron chi connectivity index (χ0n) is 12.4. The van der Waals surface area contributed by atoms with E-state index in [1.54, 1.807) is 31.4 Å². The number of carbonyl (C=O) groups excluding carboxylic acids is 1. The third-order valence-corrected chi connectivity index (χ3v) is 4.05. The van der Waals surface area contributed by atoms with Crippen molar-refractivity contribution in [1.29, 1.82) is 0 Å². The molecule has 0 bridgehead atoms. The van der Waals surface area contributed by atoms with Crippen LogP contribution >= 0.6 is 0 Å². The second kappa shape index (κ2) is 5.67. The molecule has 1 aliphatic carbocycles. The molecule has 1 aromatic heterocycles. The van der Waals surface area contributed by atoms with Gasteiger partial charge >= 0.3 is 0 Å². The topological polar surface area (TPSA) is 71.3 Å². The lowest BCUT2D eigenvalue weighted by molar-refractivity contribution is 0.102. The lowest BCUT2D eigenvalue weighted by Gasteiger charge is -2.17. The van der Waals surface area contributed by atoms with E-state index in [0.29, 0.717) is 5.69 Å².